The van der Waals surface area contributed by atoms with E-state index in [0.717, 1.165) is 72.9 Å². The van der Waals surface area contributed by atoms with Gasteiger partial charge in [-0.05, 0) is 117 Å². The molecule has 9 aromatic carbocycles. The van der Waals surface area contributed by atoms with Crippen molar-refractivity contribution in [1.82, 2.24) is 4.57 Å². The maximum absolute atomic E-state index is 6.36. The summed E-state index contributed by atoms with van der Waals surface area (Å²) in [4.78, 5) is 2.38. The molecular weight excluding hydrogens is 745 g/mol. The number of fused-ring (bicyclic) bond motifs is 8. The molecule has 0 radical (unpaired) electrons. The molecule has 0 spiro atoms. The minimum Gasteiger partial charge on any atom is -0.449 e. The molecule has 2 aliphatic rings. The number of para-hydroxylation sites is 3. The molecule has 4 heteroatoms. The van der Waals surface area contributed by atoms with Gasteiger partial charge in [0.2, 0.25) is 0 Å². The summed E-state index contributed by atoms with van der Waals surface area (Å²) in [6.07, 6.45) is 0. The number of hydrogen-bond donors (Lipinski definition) is 0. The zero-order chi connectivity index (χ0) is 40.7. The van der Waals surface area contributed by atoms with Gasteiger partial charge in [0, 0.05) is 45.0 Å². The van der Waals surface area contributed by atoms with Gasteiger partial charge in [0.15, 0.2) is 23.0 Å². The van der Waals surface area contributed by atoms with E-state index >= 15 is 0 Å². The Morgan fingerprint density at radius 2 is 0.902 bits per heavy atom. The molecule has 1 aliphatic carbocycles. The van der Waals surface area contributed by atoms with E-state index in [1.54, 1.807) is 0 Å². The van der Waals surface area contributed by atoms with Crippen LogP contribution >= 0.6 is 0 Å². The van der Waals surface area contributed by atoms with E-state index in [1.165, 1.54) is 33.4 Å². The molecule has 12 rings (SSSR count). The molecule has 61 heavy (non-hydrogen) atoms. The van der Waals surface area contributed by atoms with Gasteiger partial charge in [-0.1, -0.05) is 141 Å². The average Bonchev–Trinajstić information content (AvgIpc) is 3.75. The first-order valence-electron chi connectivity index (χ1n) is 20.9. The lowest BCUT2D eigenvalue weighted by atomic mass is 9.82. The van der Waals surface area contributed by atoms with Crippen molar-refractivity contribution in [2.45, 2.75) is 19.3 Å². The maximum atomic E-state index is 6.36. The quantitative estimate of drug-likeness (QED) is 0.168. The number of aromatic nitrogens is 1. The van der Waals surface area contributed by atoms with Crippen molar-refractivity contribution in [2.75, 3.05) is 4.90 Å². The number of benzene rings is 9. The van der Waals surface area contributed by atoms with Crippen LogP contribution in [0.3, 0.4) is 0 Å². The highest BCUT2D eigenvalue weighted by Crippen LogP contribution is 2.51. The second kappa shape index (κ2) is 13.6. The van der Waals surface area contributed by atoms with Crippen molar-refractivity contribution in [3.05, 3.63) is 217 Å². The molecule has 10 aromatic rings. The highest BCUT2D eigenvalue weighted by atomic mass is 16.6. The largest absolute Gasteiger partial charge is 0.449 e. The number of ether oxygens (including phenoxy) is 2. The zero-order valence-corrected chi connectivity index (χ0v) is 33.8. The topological polar surface area (TPSA) is 26.6 Å². The van der Waals surface area contributed by atoms with E-state index in [4.69, 9.17) is 9.47 Å². The predicted molar refractivity (Wildman–Crippen MR) is 250 cm³/mol. The first-order valence-corrected chi connectivity index (χ1v) is 20.9. The van der Waals surface area contributed by atoms with Crippen molar-refractivity contribution in [1.29, 1.82) is 0 Å². The summed E-state index contributed by atoms with van der Waals surface area (Å²) in [5.41, 5.74) is 16.6. The van der Waals surface area contributed by atoms with Crippen molar-refractivity contribution in [3.63, 3.8) is 0 Å². The lowest BCUT2D eigenvalue weighted by Gasteiger charge is -2.28. The minimum absolute atomic E-state index is 0.103. The second-order valence-electron chi connectivity index (χ2n) is 16.6. The van der Waals surface area contributed by atoms with E-state index in [0.29, 0.717) is 5.75 Å². The Kier molecular flexibility index (Phi) is 7.85. The Bertz CT molecular complexity index is 3310. The van der Waals surface area contributed by atoms with Crippen LogP contribution in [-0.2, 0) is 5.41 Å². The fourth-order valence-electron chi connectivity index (χ4n) is 9.59. The Hall–Kier alpha value is -7.82. The monoisotopic (exact) mass is 784 g/mol. The van der Waals surface area contributed by atoms with Crippen LogP contribution in [0.1, 0.15) is 25.0 Å². The highest BCUT2D eigenvalue weighted by Gasteiger charge is 2.35. The average molecular weight is 785 g/mol. The van der Waals surface area contributed by atoms with Crippen LogP contribution < -0.4 is 14.4 Å². The molecule has 0 amide bonds. The Labute approximate surface area is 355 Å². The van der Waals surface area contributed by atoms with E-state index in [1.807, 2.05) is 24.3 Å². The van der Waals surface area contributed by atoms with Crippen LogP contribution in [0.15, 0.2) is 206 Å². The molecule has 1 aliphatic heterocycles. The number of anilines is 3. The lowest BCUT2D eigenvalue weighted by molar-refractivity contribution is 0.360. The van der Waals surface area contributed by atoms with Crippen LogP contribution in [0, 0.1) is 0 Å². The molecule has 0 saturated carbocycles. The summed E-state index contributed by atoms with van der Waals surface area (Å²) < 4.78 is 15.0. The molecule has 1 aromatic heterocycles. The number of nitrogens with zero attached hydrogens (tertiary/aromatic N) is 2. The van der Waals surface area contributed by atoms with Crippen LogP contribution in [0.4, 0.5) is 17.1 Å². The van der Waals surface area contributed by atoms with Crippen LogP contribution in [0.5, 0.6) is 23.0 Å². The van der Waals surface area contributed by atoms with Gasteiger partial charge in [0.25, 0.3) is 0 Å². The smallest absolute Gasteiger partial charge is 0.172 e. The summed E-state index contributed by atoms with van der Waals surface area (Å²) in [7, 11) is 0. The normalized spacial score (nSPS) is 13.1. The molecule has 0 unspecified atom stereocenters. The maximum Gasteiger partial charge on any atom is 0.172 e. The van der Waals surface area contributed by atoms with Gasteiger partial charge in [-0.3, -0.25) is 0 Å². The summed E-state index contributed by atoms with van der Waals surface area (Å²) in [5, 5.41) is 2.28. The predicted octanol–water partition coefficient (Wildman–Crippen LogP) is 15.8. The first-order chi connectivity index (χ1) is 30.0. The molecule has 0 bridgehead atoms. The van der Waals surface area contributed by atoms with E-state index in [2.05, 4.69) is 205 Å². The van der Waals surface area contributed by atoms with Crippen LogP contribution in [0.25, 0.3) is 60.9 Å². The Morgan fingerprint density at radius 3 is 1.59 bits per heavy atom. The molecule has 4 nitrogen and oxygen atoms in total. The van der Waals surface area contributed by atoms with Crippen LogP contribution in [0.2, 0.25) is 0 Å². The molecular formula is C57H40N2O2. The van der Waals surface area contributed by atoms with Gasteiger partial charge >= 0.3 is 0 Å². The molecule has 0 atom stereocenters. The number of hydrogen-bond acceptors (Lipinski definition) is 3. The van der Waals surface area contributed by atoms with Crippen molar-refractivity contribution < 1.29 is 9.47 Å². The third kappa shape index (κ3) is 5.67. The summed E-state index contributed by atoms with van der Waals surface area (Å²) in [6.45, 7) is 4.69. The first kappa shape index (κ1) is 35.2. The summed E-state index contributed by atoms with van der Waals surface area (Å²) in [5.74, 6) is 2.88. The van der Waals surface area contributed by atoms with Gasteiger partial charge in [-0.15, -0.1) is 0 Å². The Morgan fingerprint density at radius 1 is 0.377 bits per heavy atom. The third-order valence-electron chi connectivity index (χ3n) is 12.7. The minimum atomic E-state index is -0.103. The van der Waals surface area contributed by atoms with Gasteiger partial charge in [-0.25, -0.2) is 0 Å². The van der Waals surface area contributed by atoms with Gasteiger partial charge < -0.3 is 18.9 Å². The molecule has 0 saturated heterocycles. The van der Waals surface area contributed by atoms with Gasteiger partial charge in [-0.2, -0.15) is 0 Å². The van der Waals surface area contributed by atoms with Gasteiger partial charge in [0.05, 0.1) is 11.0 Å². The molecule has 0 N–H and O–H groups in total. The standard InChI is InChI=1S/C57H40N2O2/c1-57(2)49-16-8-6-14-45(49)46-33-32-44(34-50(46)57)58(41-26-20-38(21-27-41)37-12-4-3-5-13-37)42-28-22-39(23-29-42)40-24-30-43(31-25-40)59-51-17-9-7-15-47(51)48-35-55-56(36-52(48)59)61-54-19-11-10-18-53(54)60-55/h3-36H,1-2H3. The van der Waals surface area contributed by atoms with Crippen molar-refractivity contribution >= 4 is 38.9 Å². The third-order valence-corrected chi connectivity index (χ3v) is 12.7. The van der Waals surface area contributed by atoms with Gasteiger partial charge in [0.1, 0.15) is 0 Å². The van der Waals surface area contributed by atoms with Crippen molar-refractivity contribution in [3.8, 4) is 62.1 Å². The molecule has 2 heterocycles. The summed E-state index contributed by atoms with van der Waals surface area (Å²) in [6, 6.07) is 73.8. The molecule has 290 valence electrons. The molecule has 0 fully saturated rings. The fraction of sp³-hybridized carbons (Fsp3) is 0.0526. The fourth-order valence-corrected chi connectivity index (χ4v) is 9.59. The highest BCUT2D eigenvalue weighted by molar-refractivity contribution is 6.10. The number of rotatable bonds is 6. The second-order valence-corrected chi connectivity index (χ2v) is 16.6. The Balaban J connectivity index is 0.904. The van der Waals surface area contributed by atoms with E-state index in [9.17, 15) is 0 Å². The summed E-state index contributed by atoms with van der Waals surface area (Å²) >= 11 is 0. The zero-order valence-electron chi connectivity index (χ0n) is 33.8. The van der Waals surface area contributed by atoms with E-state index < -0.39 is 0 Å². The van der Waals surface area contributed by atoms with Crippen LogP contribution in [-0.4, -0.2) is 4.57 Å². The van der Waals surface area contributed by atoms with E-state index in [-0.39, 0.29) is 5.41 Å². The SMILES string of the molecule is CC1(C)c2ccccc2-c2ccc(N(c3ccc(-c4ccccc4)cc3)c3ccc(-c4ccc(-n5c6ccccc6c6cc7c(cc65)Oc5ccccc5O7)cc4)cc3)cc21. The lowest BCUT2D eigenvalue weighted by Crippen LogP contribution is -2.16. The van der Waals surface area contributed by atoms with Crippen molar-refractivity contribution in [2.24, 2.45) is 0 Å².